The Labute approximate surface area is 152 Å². The smallest absolute Gasteiger partial charge is 0.273 e. The summed E-state index contributed by atoms with van der Waals surface area (Å²) in [5.41, 5.74) is 6.34. The molecule has 4 nitrogen and oxygen atoms in total. The molecule has 24 heavy (non-hydrogen) atoms. The molecule has 0 atom stereocenters. The summed E-state index contributed by atoms with van der Waals surface area (Å²) in [4.78, 5) is 12.3. The Morgan fingerprint density at radius 2 is 1.71 bits per heavy atom. The standard InChI is InChI=1S/C17H12Cl2N2O2S/c1-9(12-8-15(18)24-16(12)19)20-21-17(23)13-6-10-4-2-3-5-11(10)7-14(13)22/h2-8,20,22H,1H2,(H,21,23). The highest BCUT2D eigenvalue weighted by atomic mass is 35.5. The van der Waals surface area contributed by atoms with E-state index in [1.54, 1.807) is 18.2 Å². The number of hydrazine groups is 1. The predicted octanol–water partition coefficient (Wildman–Crippen LogP) is 4.82. The van der Waals surface area contributed by atoms with E-state index in [4.69, 9.17) is 23.2 Å². The van der Waals surface area contributed by atoms with Crippen molar-refractivity contribution in [3.8, 4) is 5.75 Å². The number of benzene rings is 2. The number of phenolic OH excluding ortho intramolecular Hbond substituents is 1. The lowest BCUT2D eigenvalue weighted by Crippen LogP contribution is -2.35. The average Bonchev–Trinajstić information content (AvgIpc) is 2.90. The van der Waals surface area contributed by atoms with E-state index in [0.29, 0.717) is 19.9 Å². The lowest BCUT2D eigenvalue weighted by molar-refractivity contribution is 0.0940. The van der Waals surface area contributed by atoms with Crippen molar-refractivity contribution in [3.63, 3.8) is 0 Å². The molecule has 0 unspecified atom stereocenters. The van der Waals surface area contributed by atoms with Gasteiger partial charge in [0.1, 0.15) is 10.1 Å². The topological polar surface area (TPSA) is 61.4 Å². The Balaban J connectivity index is 1.76. The maximum Gasteiger partial charge on any atom is 0.273 e. The summed E-state index contributed by atoms with van der Waals surface area (Å²) >= 11 is 13.1. The molecule has 0 aliphatic heterocycles. The molecule has 122 valence electrons. The van der Waals surface area contributed by atoms with Gasteiger partial charge in [-0.2, -0.15) is 0 Å². The second-order valence-electron chi connectivity index (χ2n) is 5.01. The van der Waals surface area contributed by atoms with Gasteiger partial charge in [0.2, 0.25) is 0 Å². The van der Waals surface area contributed by atoms with Crippen molar-refractivity contribution in [1.29, 1.82) is 0 Å². The van der Waals surface area contributed by atoms with Gasteiger partial charge in [0.25, 0.3) is 5.91 Å². The second kappa shape index (κ2) is 6.73. The number of thiophene rings is 1. The highest BCUT2D eigenvalue weighted by molar-refractivity contribution is 7.20. The van der Waals surface area contributed by atoms with E-state index in [-0.39, 0.29) is 11.3 Å². The first-order chi connectivity index (χ1) is 11.5. The monoisotopic (exact) mass is 378 g/mol. The number of nitrogens with one attached hydrogen (secondary N) is 2. The molecule has 0 aliphatic carbocycles. The van der Waals surface area contributed by atoms with Crippen molar-refractivity contribution in [2.45, 2.75) is 0 Å². The van der Waals surface area contributed by atoms with E-state index < -0.39 is 5.91 Å². The molecule has 0 radical (unpaired) electrons. The number of phenols is 1. The largest absolute Gasteiger partial charge is 0.507 e. The first-order valence-electron chi connectivity index (χ1n) is 6.88. The molecule has 0 fully saturated rings. The zero-order valence-electron chi connectivity index (χ0n) is 12.3. The van der Waals surface area contributed by atoms with Crippen LogP contribution in [0.4, 0.5) is 0 Å². The van der Waals surface area contributed by atoms with Crippen LogP contribution in [0.3, 0.4) is 0 Å². The van der Waals surface area contributed by atoms with Crippen LogP contribution in [0.5, 0.6) is 5.75 Å². The highest BCUT2D eigenvalue weighted by Crippen LogP contribution is 2.34. The SMILES string of the molecule is C=C(NNC(=O)c1cc2ccccc2cc1O)c1cc(Cl)sc1Cl. The maximum atomic E-state index is 12.3. The van der Waals surface area contributed by atoms with Gasteiger partial charge in [0, 0.05) is 5.56 Å². The van der Waals surface area contributed by atoms with E-state index in [1.807, 2.05) is 24.3 Å². The number of halogens is 2. The van der Waals surface area contributed by atoms with E-state index in [0.717, 1.165) is 10.8 Å². The number of amides is 1. The molecular formula is C17H12Cl2N2O2S. The molecule has 7 heteroatoms. The highest BCUT2D eigenvalue weighted by Gasteiger charge is 2.14. The number of carbonyl (C=O) groups excluding carboxylic acids is 1. The van der Waals surface area contributed by atoms with Crippen molar-refractivity contribution in [2.75, 3.05) is 0 Å². The van der Waals surface area contributed by atoms with Crippen molar-refractivity contribution in [3.05, 3.63) is 68.8 Å². The molecule has 3 rings (SSSR count). The van der Waals surface area contributed by atoms with Crippen LogP contribution in [0.2, 0.25) is 8.67 Å². The van der Waals surface area contributed by atoms with Crippen LogP contribution in [-0.4, -0.2) is 11.0 Å². The minimum Gasteiger partial charge on any atom is -0.507 e. The molecule has 3 aromatic rings. The van der Waals surface area contributed by atoms with Crippen LogP contribution in [0.1, 0.15) is 15.9 Å². The lowest BCUT2D eigenvalue weighted by Gasteiger charge is -2.12. The molecule has 0 saturated carbocycles. The molecule has 0 aliphatic rings. The van der Waals surface area contributed by atoms with Crippen LogP contribution in [0.25, 0.3) is 16.5 Å². The number of carbonyl (C=O) groups is 1. The van der Waals surface area contributed by atoms with E-state index in [9.17, 15) is 9.90 Å². The Kier molecular flexibility index (Phi) is 4.66. The van der Waals surface area contributed by atoms with Crippen molar-refractivity contribution in [1.82, 2.24) is 10.9 Å². The van der Waals surface area contributed by atoms with E-state index in [1.165, 1.54) is 11.3 Å². The predicted molar refractivity (Wildman–Crippen MR) is 99.6 cm³/mol. The molecular weight excluding hydrogens is 367 g/mol. The molecule has 0 saturated heterocycles. The fourth-order valence-electron chi connectivity index (χ4n) is 2.22. The lowest BCUT2D eigenvalue weighted by atomic mass is 10.1. The molecule has 3 N–H and O–H groups in total. The zero-order chi connectivity index (χ0) is 17.3. The second-order valence-corrected chi connectivity index (χ2v) is 7.30. The minimum atomic E-state index is -0.489. The summed E-state index contributed by atoms with van der Waals surface area (Å²) in [7, 11) is 0. The van der Waals surface area contributed by atoms with Gasteiger partial charge in [0.15, 0.2) is 0 Å². The summed E-state index contributed by atoms with van der Waals surface area (Å²) in [5, 5.41) is 11.8. The molecule has 1 heterocycles. The fraction of sp³-hybridized carbons (Fsp3) is 0. The van der Waals surface area contributed by atoms with E-state index >= 15 is 0 Å². The molecule has 0 spiro atoms. The fourth-order valence-corrected chi connectivity index (χ4v) is 3.74. The third kappa shape index (κ3) is 3.33. The van der Waals surface area contributed by atoms with Crippen LogP contribution in [0.15, 0.2) is 49.0 Å². The van der Waals surface area contributed by atoms with Gasteiger partial charge >= 0.3 is 0 Å². The number of fused-ring (bicyclic) bond motifs is 1. The Morgan fingerprint density at radius 3 is 2.33 bits per heavy atom. The Hall–Kier alpha value is -2.21. The summed E-state index contributed by atoms with van der Waals surface area (Å²) in [6, 6.07) is 12.3. The normalized spacial score (nSPS) is 10.6. The van der Waals surface area contributed by atoms with E-state index in [2.05, 4.69) is 17.4 Å². The summed E-state index contributed by atoms with van der Waals surface area (Å²) in [5.74, 6) is -0.591. The maximum absolute atomic E-state index is 12.3. The van der Waals surface area contributed by atoms with Gasteiger partial charge < -0.3 is 5.11 Å². The summed E-state index contributed by atoms with van der Waals surface area (Å²) in [6.07, 6.45) is 0. The summed E-state index contributed by atoms with van der Waals surface area (Å²) < 4.78 is 0.997. The van der Waals surface area contributed by atoms with Crippen LogP contribution < -0.4 is 10.9 Å². The summed E-state index contributed by atoms with van der Waals surface area (Å²) in [6.45, 7) is 3.81. The van der Waals surface area contributed by atoms with Crippen LogP contribution >= 0.6 is 34.5 Å². The van der Waals surface area contributed by atoms with Crippen molar-refractivity contribution >= 4 is 56.9 Å². The third-order valence-corrected chi connectivity index (χ3v) is 4.90. The molecule has 2 aromatic carbocycles. The van der Waals surface area contributed by atoms with Crippen molar-refractivity contribution < 1.29 is 9.90 Å². The van der Waals surface area contributed by atoms with Gasteiger partial charge in [-0.3, -0.25) is 15.6 Å². The van der Waals surface area contributed by atoms with Gasteiger partial charge in [-0.05, 0) is 29.0 Å². The van der Waals surface area contributed by atoms with Crippen LogP contribution in [0, 0.1) is 0 Å². The average molecular weight is 379 g/mol. The minimum absolute atomic E-state index is 0.102. The van der Waals surface area contributed by atoms with Gasteiger partial charge in [-0.25, -0.2) is 0 Å². The quantitative estimate of drug-likeness (QED) is 0.570. The Morgan fingerprint density at radius 1 is 1.04 bits per heavy atom. The van der Waals surface area contributed by atoms with Gasteiger partial charge in [0.05, 0.1) is 15.6 Å². The van der Waals surface area contributed by atoms with Crippen molar-refractivity contribution in [2.24, 2.45) is 0 Å². The number of hydrogen-bond acceptors (Lipinski definition) is 4. The molecule has 1 amide bonds. The van der Waals surface area contributed by atoms with Gasteiger partial charge in [-0.15, -0.1) is 11.3 Å². The Bertz CT molecular complexity index is 953. The van der Waals surface area contributed by atoms with Gasteiger partial charge in [-0.1, -0.05) is 54.0 Å². The van der Waals surface area contributed by atoms with Crippen LogP contribution in [-0.2, 0) is 0 Å². The number of aromatic hydroxyl groups is 1. The number of hydrogen-bond donors (Lipinski definition) is 3. The first-order valence-corrected chi connectivity index (χ1v) is 8.45. The third-order valence-electron chi connectivity index (χ3n) is 3.42. The number of rotatable bonds is 4. The molecule has 0 bridgehead atoms. The first kappa shape index (κ1) is 16.6. The molecule has 1 aromatic heterocycles. The zero-order valence-corrected chi connectivity index (χ0v) is 14.6.